The third-order valence-corrected chi connectivity index (χ3v) is 8.40. The first-order chi connectivity index (χ1) is 16.5. The van der Waals surface area contributed by atoms with E-state index >= 15 is 0 Å². The van der Waals surface area contributed by atoms with Crippen LogP contribution in [-0.4, -0.2) is 75.3 Å². The molecule has 2 amide bonds. The minimum Gasteiger partial charge on any atom is -0.368 e. The van der Waals surface area contributed by atoms with Gasteiger partial charge in [0.2, 0.25) is 15.9 Å². The van der Waals surface area contributed by atoms with Crippen LogP contribution in [0.15, 0.2) is 59.5 Å². The maximum Gasteiger partial charge on any atom is 0.252 e. The SMILES string of the molecule is O=C(NCCC(=O)N1CCN(c2ccccc2)CC1)c1ccccc1S(=O)(=O)N1CCCCC1. The number of piperazine rings is 1. The summed E-state index contributed by atoms with van der Waals surface area (Å²) in [4.78, 5) is 29.6. The number of nitrogens with one attached hydrogen (secondary N) is 1. The van der Waals surface area contributed by atoms with E-state index in [1.807, 2.05) is 23.1 Å². The topological polar surface area (TPSA) is 90.0 Å². The fourth-order valence-electron chi connectivity index (χ4n) is 4.51. The van der Waals surface area contributed by atoms with Crippen molar-refractivity contribution < 1.29 is 18.0 Å². The summed E-state index contributed by atoms with van der Waals surface area (Å²) in [5.74, 6) is -0.486. The van der Waals surface area contributed by atoms with Crippen molar-refractivity contribution in [2.75, 3.05) is 50.7 Å². The molecule has 2 fully saturated rings. The van der Waals surface area contributed by atoms with Crippen LogP contribution >= 0.6 is 0 Å². The van der Waals surface area contributed by atoms with Gasteiger partial charge in [0.1, 0.15) is 0 Å². The maximum absolute atomic E-state index is 13.1. The second kappa shape index (κ2) is 11.0. The standard InChI is InChI=1S/C25H32N4O4S/c30-24(28-19-17-27(18-20-28)21-9-3-1-4-10-21)13-14-26-25(31)22-11-5-6-12-23(22)34(32,33)29-15-7-2-8-16-29/h1,3-6,9-12H,2,7-8,13-20H2,(H,26,31). The third kappa shape index (κ3) is 5.59. The minimum atomic E-state index is -3.73. The highest BCUT2D eigenvalue weighted by molar-refractivity contribution is 7.89. The van der Waals surface area contributed by atoms with Crippen molar-refractivity contribution in [3.63, 3.8) is 0 Å². The second-order valence-corrected chi connectivity index (χ2v) is 10.6. The molecule has 0 aromatic heterocycles. The molecule has 9 heteroatoms. The Kier molecular flexibility index (Phi) is 7.84. The van der Waals surface area contributed by atoms with Crippen LogP contribution in [0.3, 0.4) is 0 Å². The summed E-state index contributed by atoms with van der Waals surface area (Å²) in [6.45, 7) is 3.92. The smallest absolute Gasteiger partial charge is 0.252 e. The Labute approximate surface area is 201 Å². The van der Waals surface area contributed by atoms with Crippen LogP contribution in [-0.2, 0) is 14.8 Å². The van der Waals surface area contributed by atoms with E-state index in [1.54, 1.807) is 12.1 Å². The minimum absolute atomic E-state index is 0.0118. The number of sulfonamides is 1. The Bertz CT molecular complexity index is 1090. The van der Waals surface area contributed by atoms with Gasteiger partial charge in [0.25, 0.3) is 5.91 Å². The highest BCUT2D eigenvalue weighted by Gasteiger charge is 2.30. The highest BCUT2D eigenvalue weighted by atomic mass is 32.2. The van der Waals surface area contributed by atoms with Gasteiger partial charge < -0.3 is 15.1 Å². The molecule has 0 atom stereocenters. The van der Waals surface area contributed by atoms with Crippen molar-refractivity contribution in [1.29, 1.82) is 0 Å². The molecule has 0 spiro atoms. The molecule has 34 heavy (non-hydrogen) atoms. The molecule has 0 unspecified atom stereocenters. The lowest BCUT2D eigenvalue weighted by Crippen LogP contribution is -2.49. The zero-order valence-electron chi connectivity index (χ0n) is 19.4. The van der Waals surface area contributed by atoms with Gasteiger partial charge in [-0.25, -0.2) is 8.42 Å². The second-order valence-electron chi connectivity index (χ2n) is 8.67. The molecule has 1 N–H and O–H groups in total. The van der Waals surface area contributed by atoms with Crippen molar-refractivity contribution in [1.82, 2.24) is 14.5 Å². The number of carbonyl (C=O) groups is 2. The van der Waals surface area contributed by atoms with Gasteiger partial charge in [-0.3, -0.25) is 9.59 Å². The lowest BCUT2D eigenvalue weighted by Gasteiger charge is -2.36. The Hall–Kier alpha value is -2.91. The summed E-state index contributed by atoms with van der Waals surface area (Å²) in [6.07, 6.45) is 2.85. The molecule has 8 nitrogen and oxygen atoms in total. The molecule has 2 heterocycles. The lowest BCUT2D eigenvalue weighted by molar-refractivity contribution is -0.131. The molecule has 182 valence electrons. The van der Waals surface area contributed by atoms with Gasteiger partial charge in [-0.15, -0.1) is 0 Å². The number of anilines is 1. The molecular weight excluding hydrogens is 452 g/mol. The molecule has 0 radical (unpaired) electrons. The van der Waals surface area contributed by atoms with Gasteiger partial charge in [-0.1, -0.05) is 36.8 Å². The van der Waals surface area contributed by atoms with E-state index in [0.717, 1.165) is 38.0 Å². The summed E-state index contributed by atoms with van der Waals surface area (Å²) in [7, 11) is -3.73. The van der Waals surface area contributed by atoms with Crippen LogP contribution in [0.2, 0.25) is 0 Å². The zero-order valence-corrected chi connectivity index (χ0v) is 20.2. The van der Waals surface area contributed by atoms with Gasteiger partial charge >= 0.3 is 0 Å². The molecule has 2 aromatic carbocycles. The monoisotopic (exact) mass is 484 g/mol. The molecule has 2 aromatic rings. The number of benzene rings is 2. The van der Waals surface area contributed by atoms with Gasteiger partial charge in [-0.05, 0) is 37.1 Å². The number of hydrogen-bond donors (Lipinski definition) is 1. The average molecular weight is 485 g/mol. The summed E-state index contributed by atoms with van der Waals surface area (Å²) >= 11 is 0. The number of nitrogens with zero attached hydrogens (tertiary/aromatic N) is 3. The van der Waals surface area contributed by atoms with Gasteiger partial charge in [-0.2, -0.15) is 4.31 Å². The van der Waals surface area contributed by atoms with E-state index < -0.39 is 15.9 Å². The van der Waals surface area contributed by atoms with Crippen molar-refractivity contribution >= 4 is 27.5 Å². The van der Waals surface area contributed by atoms with Crippen LogP contribution in [0, 0.1) is 0 Å². The predicted molar refractivity (Wildman–Crippen MR) is 131 cm³/mol. The van der Waals surface area contributed by atoms with Crippen LogP contribution in [0.4, 0.5) is 5.69 Å². The van der Waals surface area contributed by atoms with Gasteiger partial charge in [0.15, 0.2) is 0 Å². The number of carbonyl (C=O) groups excluding carboxylic acids is 2. The third-order valence-electron chi connectivity index (χ3n) is 6.44. The van der Waals surface area contributed by atoms with E-state index in [1.165, 1.54) is 16.4 Å². The van der Waals surface area contributed by atoms with Crippen molar-refractivity contribution in [2.45, 2.75) is 30.6 Å². The van der Waals surface area contributed by atoms with Crippen LogP contribution in [0.1, 0.15) is 36.0 Å². The van der Waals surface area contributed by atoms with E-state index in [-0.39, 0.29) is 29.3 Å². The largest absolute Gasteiger partial charge is 0.368 e. The van der Waals surface area contributed by atoms with Crippen LogP contribution in [0.25, 0.3) is 0 Å². The number of amides is 2. The molecule has 0 bridgehead atoms. The normalized spacial score (nSPS) is 17.4. The molecule has 2 aliphatic heterocycles. The van der Waals surface area contributed by atoms with E-state index in [9.17, 15) is 18.0 Å². The molecular formula is C25H32N4O4S. The Morgan fingerprint density at radius 1 is 0.794 bits per heavy atom. The Balaban J connectivity index is 1.30. The lowest BCUT2D eigenvalue weighted by atomic mass is 10.2. The van der Waals surface area contributed by atoms with Crippen molar-refractivity contribution in [3.8, 4) is 0 Å². The molecule has 2 aliphatic rings. The maximum atomic E-state index is 13.1. The summed E-state index contributed by atoms with van der Waals surface area (Å²) in [5.41, 5.74) is 1.28. The van der Waals surface area contributed by atoms with Gasteiger partial charge in [0, 0.05) is 57.9 Å². The van der Waals surface area contributed by atoms with E-state index in [4.69, 9.17) is 0 Å². The summed E-state index contributed by atoms with van der Waals surface area (Å²) in [5, 5.41) is 2.74. The van der Waals surface area contributed by atoms with Crippen LogP contribution in [0.5, 0.6) is 0 Å². The highest BCUT2D eigenvalue weighted by Crippen LogP contribution is 2.23. The van der Waals surface area contributed by atoms with Gasteiger partial charge in [0.05, 0.1) is 10.5 Å². The predicted octanol–water partition coefficient (Wildman–Crippen LogP) is 2.33. The number of rotatable bonds is 7. The fraction of sp³-hybridized carbons (Fsp3) is 0.440. The quantitative estimate of drug-likeness (QED) is 0.652. The molecule has 4 rings (SSSR count). The summed E-state index contributed by atoms with van der Waals surface area (Å²) in [6, 6.07) is 16.4. The molecule has 0 aliphatic carbocycles. The Morgan fingerprint density at radius 3 is 2.15 bits per heavy atom. The molecule has 2 saturated heterocycles. The fourth-order valence-corrected chi connectivity index (χ4v) is 6.22. The summed E-state index contributed by atoms with van der Waals surface area (Å²) < 4.78 is 27.7. The van der Waals surface area contributed by atoms with Crippen molar-refractivity contribution in [2.24, 2.45) is 0 Å². The van der Waals surface area contributed by atoms with E-state index in [0.29, 0.717) is 26.2 Å². The zero-order chi connectivity index (χ0) is 24.0. The average Bonchev–Trinajstić information content (AvgIpc) is 2.89. The first kappa shape index (κ1) is 24.2. The number of hydrogen-bond acceptors (Lipinski definition) is 5. The first-order valence-corrected chi connectivity index (χ1v) is 13.4. The number of para-hydroxylation sites is 1. The van der Waals surface area contributed by atoms with Crippen molar-refractivity contribution in [3.05, 3.63) is 60.2 Å². The van der Waals surface area contributed by atoms with E-state index in [2.05, 4.69) is 22.3 Å². The number of piperidine rings is 1. The van der Waals surface area contributed by atoms with Crippen LogP contribution < -0.4 is 10.2 Å². The first-order valence-electron chi connectivity index (χ1n) is 11.9. The Morgan fingerprint density at radius 2 is 1.44 bits per heavy atom. The molecule has 0 saturated carbocycles.